The van der Waals surface area contributed by atoms with Crippen molar-refractivity contribution in [3.8, 4) is 0 Å². The topological polar surface area (TPSA) is 78.4 Å². The molecule has 6 heteroatoms. The normalized spacial score (nSPS) is 11.6. The van der Waals surface area contributed by atoms with Gasteiger partial charge in [-0.15, -0.1) is 0 Å². The molecule has 23 heavy (non-hydrogen) atoms. The molecule has 0 unspecified atom stereocenters. The van der Waals surface area contributed by atoms with E-state index in [-0.39, 0.29) is 24.9 Å². The van der Waals surface area contributed by atoms with Gasteiger partial charge in [-0.25, -0.2) is 0 Å². The molecule has 0 aromatic heterocycles. The third-order valence-electron chi connectivity index (χ3n) is 3.20. The van der Waals surface area contributed by atoms with Crippen LogP contribution in [0.25, 0.3) is 0 Å². The van der Waals surface area contributed by atoms with Crippen LogP contribution in [0.2, 0.25) is 5.02 Å². The number of aliphatic hydroxyl groups excluding tert-OH is 1. The summed E-state index contributed by atoms with van der Waals surface area (Å²) in [4.78, 5) is 23.5. The third-order valence-corrected chi connectivity index (χ3v) is 3.55. The van der Waals surface area contributed by atoms with Gasteiger partial charge in [0.15, 0.2) is 0 Å². The summed E-state index contributed by atoms with van der Waals surface area (Å²) >= 11 is 5.98. The van der Waals surface area contributed by atoms with Gasteiger partial charge in [-0.3, -0.25) is 9.59 Å². The molecule has 5 nitrogen and oxygen atoms in total. The highest BCUT2D eigenvalue weighted by Gasteiger charge is 2.13. The van der Waals surface area contributed by atoms with Gasteiger partial charge in [-0.1, -0.05) is 48.0 Å². The fourth-order valence-electron chi connectivity index (χ4n) is 1.98. The third kappa shape index (κ3) is 5.09. The van der Waals surface area contributed by atoms with Crippen molar-refractivity contribution >= 4 is 23.4 Å². The van der Waals surface area contributed by atoms with Crippen molar-refractivity contribution in [3.05, 3.63) is 70.7 Å². The summed E-state index contributed by atoms with van der Waals surface area (Å²) in [5.41, 5.74) is 1.03. The number of rotatable bonds is 6. The Kier molecular flexibility index (Phi) is 6.14. The van der Waals surface area contributed by atoms with Crippen LogP contribution in [-0.4, -0.2) is 30.0 Å². The second-order valence-electron chi connectivity index (χ2n) is 4.89. The lowest BCUT2D eigenvalue weighted by Gasteiger charge is -2.14. The molecule has 0 aliphatic rings. The molecular formula is C17H17ClN2O3. The van der Waals surface area contributed by atoms with Crippen LogP contribution in [0.3, 0.4) is 0 Å². The maximum Gasteiger partial charge on any atom is 0.251 e. The summed E-state index contributed by atoms with van der Waals surface area (Å²) in [6.45, 7) is -0.146. The molecule has 0 bridgehead atoms. The predicted octanol–water partition coefficient (Wildman–Crippen LogP) is 1.92. The summed E-state index contributed by atoms with van der Waals surface area (Å²) in [6.07, 6.45) is -0.905. The first-order valence-corrected chi connectivity index (χ1v) is 7.48. The Morgan fingerprint density at radius 3 is 2.35 bits per heavy atom. The lowest BCUT2D eigenvalue weighted by atomic mass is 10.1. The maximum atomic E-state index is 11.8. The molecule has 0 radical (unpaired) electrons. The van der Waals surface area contributed by atoms with E-state index in [0.717, 1.165) is 0 Å². The van der Waals surface area contributed by atoms with Crippen molar-refractivity contribution in [2.24, 2.45) is 0 Å². The molecule has 0 aliphatic heterocycles. The molecule has 0 aliphatic carbocycles. The van der Waals surface area contributed by atoms with Crippen molar-refractivity contribution in [1.29, 1.82) is 0 Å². The smallest absolute Gasteiger partial charge is 0.251 e. The van der Waals surface area contributed by atoms with Gasteiger partial charge in [0, 0.05) is 22.7 Å². The average molecular weight is 333 g/mol. The van der Waals surface area contributed by atoms with Crippen molar-refractivity contribution in [2.45, 2.75) is 6.10 Å². The summed E-state index contributed by atoms with van der Waals surface area (Å²) in [6, 6.07) is 15.5. The highest BCUT2D eigenvalue weighted by Crippen LogP contribution is 2.21. The van der Waals surface area contributed by atoms with Crippen molar-refractivity contribution < 1.29 is 14.7 Å². The van der Waals surface area contributed by atoms with Crippen LogP contribution in [0.5, 0.6) is 0 Å². The second kappa shape index (κ2) is 8.31. The van der Waals surface area contributed by atoms with E-state index < -0.39 is 6.10 Å². The molecule has 1 atom stereocenters. The van der Waals surface area contributed by atoms with E-state index in [2.05, 4.69) is 10.6 Å². The minimum Gasteiger partial charge on any atom is -0.387 e. The van der Waals surface area contributed by atoms with Crippen molar-refractivity contribution in [1.82, 2.24) is 10.6 Å². The maximum absolute atomic E-state index is 11.8. The Hall–Kier alpha value is -2.37. The quantitative estimate of drug-likeness (QED) is 0.756. The Morgan fingerprint density at radius 2 is 1.65 bits per heavy atom. The van der Waals surface area contributed by atoms with Crippen LogP contribution < -0.4 is 10.6 Å². The Morgan fingerprint density at radius 1 is 1.00 bits per heavy atom. The van der Waals surface area contributed by atoms with Gasteiger partial charge in [-0.05, 0) is 18.2 Å². The summed E-state index contributed by atoms with van der Waals surface area (Å²) in [5, 5.41) is 15.5. The van der Waals surface area contributed by atoms with Crippen LogP contribution in [0, 0.1) is 0 Å². The second-order valence-corrected chi connectivity index (χ2v) is 5.30. The van der Waals surface area contributed by atoms with Gasteiger partial charge in [-0.2, -0.15) is 0 Å². The molecule has 2 aromatic rings. The number of amides is 2. The number of halogens is 1. The molecule has 0 heterocycles. The van der Waals surface area contributed by atoms with Gasteiger partial charge >= 0.3 is 0 Å². The molecule has 3 N–H and O–H groups in total. The zero-order valence-corrected chi connectivity index (χ0v) is 13.1. The van der Waals surface area contributed by atoms with E-state index in [1.165, 1.54) is 0 Å². The molecule has 0 fully saturated rings. The predicted molar refractivity (Wildman–Crippen MR) is 88.2 cm³/mol. The molecule has 0 saturated heterocycles. The number of aliphatic hydroxyl groups is 1. The first-order chi connectivity index (χ1) is 11.1. The lowest BCUT2D eigenvalue weighted by Crippen LogP contribution is -2.38. The van der Waals surface area contributed by atoms with Gasteiger partial charge in [0.25, 0.3) is 5.91 Å². The van der Waals surface area contributed by atoms with E-state index in [0.29, 0.717) is 16.1 Å². The minimum atomic E-state index is -0.905. The molecule has 2 rings (SSSR count). The number of carbonyl (C=O) groups is 2. The van der Waals surface area contributed by atoms with Gasteiger partial charge in [0.1, 0.15) is 0 Å². The van der Waals surface area contributed by atoms with Gasteiger partial charge < -0.3 is 15.7 Å². The number of nitrogens with one attached hydrogen (secondary N) is 2. The molecule has 2 amide bonds. The number of carbonyl (C=O) groups excluding carboxylic acids is 2. The van der Waals surface area contributed by atoms with Crippen LogP contribution >= 0.6 is 11.6 Å². The zero-order valence-electron chi connectivity index (χ0n) is 12.3. The van der Waals surface area contributed by atoms with Crippen LogP contribution in [0.4, 0.5) is 0 Å². The fraction of sp³-hybridized carbons (Fsp3) is 0.176. The van der Waals surface area contributed by atoms with Crippen LogP contribution in [-0.2, 0) is 4.79 Å². The minimum absolute atomic E-state index is 0.0176. The van der Waals surface area contributed by atoms with E-state index >= 15 is 0 Å². The molecule has 0 spiro atoms. The lowest BCUT2D eigenvalue weighted by molar-refractivity contribution is -0.120. The van der Waals surface area contributed by atoms with Crippen LogP contribution in [0.15, 0.2) is 54.6 Å². The molecular weight excluding hydrogens is 316 g/mol. The number of hydrogen-bond donors (Lipinski definition) is 3. The molecule has 120 valence electrons. The standard InChI is InChI=1S/C17H17ClN2O3/c18-14-9-5-4-8-13(14)15(21)10-19-16(22)11-20-17(23)12-6-2-1-3-7-12/h1-9,15,21H,10-11H2,(H,19,22)(H,20,23)/t15-/m1/s1. The SMILES string of the molecule is O=C(CNC(=O)c1ccccc1)NC[C@@H](O)c1ccccc1Cl. The Labute approximate surface area is 139 Å². The average Bonchev–Trinajstić information content (AvgIpc) is 2.58. The van der Waals surface area contributed by atoms with Crippen molar-refractivity contribution in [3.63, 3.8) is 0 Å². The molecule has 2 aromatic carbocycles. The first-order valence-electron chi connectivity index (χ1n) is 7.10. The van der Waals surface area contributed by atoms with E-state index in [4.69, 9.17) is 11.6 Å². The fourth-order valence-corrected chi connectivity index (χ4v) is 2.24. The summed E-state index contributed by atoms with van der Waals surface area (Å²) in [5.74, 6) is -0.715. The highest BCUT2D eigenvalue weighted by molar-refractivity contribution is 6.31. The summed E-state index contributed by atoms with van der Waals surface area (Å²) < 4.78 is 0. The van der Waals surface area contributed by atoms with E-state index in [1.54, 1.807) is 54.6 Å². The Balaban J connectivity index is 1.77. The van der Waals surface area contributed by atoms with Crippen molar-refractivity contribution in [2.75, 3.05) is 13.1 Å². The monoisotopic (exact) mass is 332 g/mol. The van der Waals surface area contributed by atoms with Gasteiger partial charge in [0.05, 0.1) is 12.6 Å². The Bertz CT molecular complexity index is 677. The van der Waals surface area contributed by atoms with E-state index in [1.807, 2.05) is 0 Å². The first kappa shape index (κ1) is 17.0. The number of benzene rings is 2. The number of hydrogen-bond acceptors (Lipinski definition) is 3. The largest absolute Gasteiger partial charge is 0.387 e. The van der Waals surface area contributed by atoms with E-state index in [9.17, 15) is 14.7 Å². The van der Waals surface area contributed by atoms with Gasteiger partial charge in [0.2, 0.25) is 5.91 Å². The molecule has 0 saturated carbocycles. The zero-order chi connectivity index (χ0) is 16.7. The van der Waals surface area contributed by atoms with Crippen LogP contribution in [0.1, 0.15) is 22.0 Å². The summed E-state index contributed by atoms with van der Waals surface area (Å²) in [7, 11) is 0. The highest BCUT2D eigenvalue weighted by atomic mass is 35.5.